The van der Waals surface area contributed by atoms with Crippen LogP contribution in [0.2, 0.25) is 0 Å². The monoisotopic (exact) mass is 658 g/mol. The molecule has 6 N–H and O–H groups in total. The summed E-state index contributed by atoms with van der Waals surface area (Å²) in [5.74, 6) is 0.976. The van der Waals surface area contributed by atoms with Crippen molar-refractivity contribution in [3.05, 3.63) is 24.0 Å². The second-order valence-corrected chi connectivity index (χ2v) is 17.5. The molecule has 266 valence electrons. The third-order valence-electron chi connectivity index (χ3n) is 14.6. The summed E-state index contributed by atoms with van der Waals surface area (Å²) >= 11 is 0. The van der Waals surface area contributed by atoms with Crippen LogP contribution < -0.4 is 0 Å². The summed E-state index contributed by atoms with van der Waals surface area (Å²) in [5, 5.41) is 64.1. The predicted octanol–water partition coefficient (Wildman–Crippen LogP) is 6.01. The van der Waals surface area contributed by atoms with E-state index in [0.29, 0.717) is 11.8 Å². The molecule has 1 saturated heterocycles. The molecule has 4 saturated carbocycles. The maximum atomic E-state index is 10.6. The molecule has 4 aliphatic carbocycles. The van der Waals surface area contributed by atoms with Crippen molar-refractivity contribution in [3.63, 3.8) is 0 Å². The second kappa shape index (κ2) is 12.8. The molecule has 5 aliphatic rings. The Bertz CT molecular complexity index is 1270. The van der Waals surface area contributed by atoms with Gasteiger partial charge in [-0.2, -0.15) is 0 Å². The minimum Gasteiger partial charge on any atom is -0.495 e. The van der Waals surface area contributed by atoms with E-state index in [-0.39, 0.29) is 33.5 Å². The van der Waals surface area contributed by atoms with E-state index in [4.69, 9.17) is 9.47 Å². The van der Waals surface area contributed by atoms with Crippen LogP contribution in [0.25, 0.3) is 0 Å². The minimum absolute atomic E-state index is 0.0547. The number of nitrogens with one attached hydrogen (secondary N) is 1. The number of allylic oxidation sites excluding steroid dienone is 2. The molecule has 13 atom stereocenters. The van der Waals surface area contributed by atoms with E-state index in [0.717, 1.165) is 69.2 Å². The van der Waals surface area contributed by atoms with Gasteiger partial charge in [-0.15, -0.1) is 0 Å². The summed E-state index contributed by atoms with van der Waals surface area (Å²) < 4.78 is 12.4. The van der Waals surface area contributed by atoms with Crippen LogP contribution in [0.4, 0.5) is 0 Å². The number of hydrogen-bond acceptors (Lipinski definition) is 9. The van der Waals surface area contributed by atoms with Gasteiger partial charge in [0.25, 0.3) is 0 Å². The summed E-state index contributed by atoms with van der Waals surface area (Å²) in [4.78, 5) is 0. The Morgan fingerprint density at radius 3 is 2.32 bits per heavy atom. The smallest absolute Gasteiger partial charge is 0.112 e. The summed E-state index contributed by atoms with van der Waals surface area (Å²) in [6, 6.07) is 0. The van der Waals surface area contributed by atoms with Gasteiger partial charge in [0.1, 0.15) is 36.1 Å². The van der Waals surface area contributed by atoms with Crippen molar-refractivity contribution >= 4 is 11.4 Å². The fourth-order valence-corrected chi connectivity index (χ4v) is 11.7. The lowest BCUT2D eigenvalue weighted by atomic mass is 9.35. The van der Waals surface area contributed by atoms with Gasteiger partial charge in [0.05, 0.1) is 18.6 Å². The van der Waals surface area contributed by atoms with Crippen LogP contribution in [0.3, 0.4) is 0 Å². The Hall–Kier alpha value is -1.78. The highest BCUT2D eigenvalue weighted by Gasteiger charge is 2.70. The summed E-state index contributed by atoms with van der Waals surface area (Å²) in [6.45, 7) is 17.8. The molecular formula is C38H62N2O7. The van der Waals surface area contributed by atoms with E-state index in [1.807, 2.05) is 0 Å². The molecule has 0 bridgehead atoms. The molecule has 0 aromatic carbocycles. The van der Waals surface area contributed by atoms with Crippen LogP contribution in [0.5, 0.6) is 0 Å². The van der Waals surface area contributed by atoms with Crippen molar-refractivity contribution in [2.75, 3.05) is 6.61 Å². The largest absolute Gasteiger partial charge is 0.495 e. The number of nitrogens with zero attached hydrogens (tertiary/aromatic N) is 1. The first kappa shape index (κ1) is 36.5. The molecule has 0 aromatic rings. The van der Waals surface area contributed by atoms with Gasteiger partial charge in [0.2, 0.25) is 0 Å². The summed E-state index contributed by atoms with van der Waals surface area (Å²) in [6.07, 6.45) is 7.60. The number of aliphatic hydroxyl groups is 4. The topological polar surface area (TPSA) is 156 Å². The average molecular weight is 659 g/mol. The molecule has 0 aromatic heterocycles. The van der Waals surface area contributed by atoms with Crippen molar-refractivity contribution in [1.82, 2.24) is 0 Å². The van der Waals surface area contributed by atoms with Crippen molar-refractivity contribution in [2.24, 2.45) is 50.5 Å². The molecule has 47 heavy (non-hydrogen) atoms. The lowest BCUT2D eigenvalue weighted by molar-refractivity contribution is -0.217. The van der Waals surface area contributed by atoms with E-state index in [1.165, 1.54) is 5.57 Å². The van der Waals surface area contributed by atoms with Crippen LogP contribution in [0.15, 0.2) is 29.1 Å². The first-order valence-corrected chi connectivity index (χ1v) is 18.0. The molecule has 0 radical (unpaired) electrons. The number of rotatable bonds is 8. The Morgan fingerprint density at radius 1 is 1.00 bits per heavy atom. The number of ether oxygens (including phenoxy) is 2. The lowest BCUT2D eigenvalue weighted by Crippen LogP contribution is -2.65. The molecular weight excluding hydrogens is 596 g/mol. The first-order valence-electron chi connectivity index (χ1n) is 18.0. The highest BCUT2D eigenvalue weighted by atomic mass is 16.5. The fourth-order valence-electron chi connectivity index (χ4n) is 11.7. The standard InChI is InChI=1S/C38H62N2O7/c1-22(2)10-9-15-38(8,46-19-14-25-31(42)33(44)32(43)26(21-41)47-25)23-11-17-37(7)30(23)24(39)20-28-35(5)16-13-29(40-45)34(3,4)27(35)12-18-36(28,37)6/h10,14,19,23,25-28,30-33,39,41-45H,9,11-13,15-18,20-21H2,1-8H3/b19-14?,39-24?,40-29+/t23?,25?,26?,27?,28?,30?,31?,32?,33?,35-,36+,37+,38-/m0/s1. The van der Waals surface area contributed by atoms with Crippen molar-refractivity contribution < 1.29 is 35.1 Å². The number of hydrogen-bond donors (Lipinski definition) is 6. The van der Waals surface area contributed by atoms with Crippen LogP contribution in [0, 0.1) is 50.7 Å². The van der Waals surface area contributed by atoms with Gasteiger partial charge >= 0.3 is 0 Å². The van der Waals surface area contributed by atoms with Crippen molar-refractivity contribution in [1.29, 1.82) is 5.41 Å². The quantitative estimate of drug-likeness (QED) is 0.0808. The molecule has 1 heterocycles. The predicted molar refractivity (Wildman–Crippen MR) is 182 cm³/mol. The SMILES string of the molecule is CC(C)=CCC[C@](C)(OC=CC1OC(CO)C(O)C(O)C1O)C1CC[C@]2(C)C1C(=N)CC1[C@@]3(C)CC/C(=N\O)C(C)(C)C3CC[C@]12C. The lowest BCUT2D eigenvalue weighted by Gasteiger charge is -2.69. The maximum absolute atomic E-state index is 10.6. The molecule has 0 spiro atoms. The Morgan fingerprint density at radius 2 is 1.68 bits per heavy atom. The van der Waals surface area contributed by atoms with E-state index < -0.39 is 42.7 Å². The van der Waals surface area contributed by atoms with Crippen LogP contribution >= 0.6 is 0 Å². The summed E-state index contributed by atoms with van der Waals surface area (Å²) in [5.41, 5.74) is 2.27. The zero-order chi connectivity index (χ0) is 34.7. The van der Waals surface area contributed by atoms with E-state index in [9.17, 15) is 31.0 Å². The van der Waals surface area contributed by atoms with E-state index in [1.54, 1.807) is 12.3 Å². The minimum atomic E-state index is -1.44. The number of fused-ring (bicyclic) bond motifs is 5. The fraction of sp³-hybridized carbons (Fsp3) is 0.842. The third kappa shape index (κ3) is 5.74. The molecule has 9 heteroatoms. The van der Waals surface area contributed by atoms with Gasteiger partial charge in [-0.25, -0.2) is 0 Å². The first-order chi connectivity index (χ1) is 21.9. The molecule has 5 rings (SSSR count). The zero-order valence-electron chi connectivity index (χ0n) is 30.0. The van der Waals surface area contributed by atoms with Crippen LogP contribution in [-0.2, 0) is 9.47 Å². The van der Waals surface area contributed by atoms with Crippen LogP contribution in [0.1, 0.15) is 113 Å². The van der Waals surface area contributed by atoms with E-state index in [2.05, 4.69) is 66.6 Å². The van der Waals surface area contributed by atoms with Crippen LogP contribution in [-0.4, -0.2) is 79.8 Å². The average Bonchev–Trinajstić information content (AvgIpc) is 3.38. The normalized spacial score (nSPS) is 46.8. The van der Waals surface area contributed by atoms with Gasteiger partial charge in [-0.3, -0.25) is 0 Å². The van der Waals surface area contributed by atoms with Gasteiger partial charge in [0.15, 0.2) is 0 Å². The molecule has 9 nitrogen and oxygen atoms in total. The maximum Gasteiger partial charge on any atom is 0.112 e. The van der Waals surface area contributed by atoms with Gasteiger partial charge in [0, 0.05) is 23.0 Å². The Labute approximate surface area is 282 Å². The Balaban J connectivity index is 1.44. The summed E-state index contributed by atoms with van der Waals surface area (Å²) in [7, 11) is 0. The number of oxime groups is 1. The van der Waals surface area contributed by atoms with Gasteiger partial charge in [-0.05, 0) is 113 Å². The third-order valence-corrected chi connectivity index (χ3v) is 14.6. The number of aliphatic hydroxyl groups excluding tert-OH is 4. The zero-order valence-corrected chi connectivity index (χ0v) is 30.0. The molecule has 1 aliphatic heterocycles. The molecule has 9 unspecified atom stereocenters. The highest BCUT2D eigenvalue weighted by Crippen LogP contribution is 2.75. The highest BCUT2D eigenvalue weighted by molar-refractivity contribution is 5.91. The van der Waals surface area contributed by atoms with Gasteiger partial charge in [-0.1, -0.05) is 51.4 Å². The Kier molecular flexibility index (Phi) is 9.97. The van der Waals surface area contributed by atoms with Crippen molar-refractivity contribution in [3.8, 4) is 0 Å². The van der Waals surface area contributed by atoms with E-state index >= 15 is 0 Å². The molecule has 5 fully saturated rings. The second-order valence-electron chi connectivity index (χ2n) is 17.5. The molecule has 0 amide bonds. The van der Waals surface area contributed by atoms with Crippen molar-refractivity contribution in [2.45, 2.75) is 149 Å². The van der Waals surface area contributed by atoms with Gasteiger partial charge < -0.3 is 40.5 Å².